The van der Waals surface area contributed by atoms with Gasteiger partial charge in [0.2, 0.25) is 5.91 Å². The standard InChI is InChI=1S/C15H23ClN2O3/c1-10(2)18-14(19)5-7-21-15-11(4-6-17)8-12(16)9-13(15)20-3/h8-10H,4-7,17H2,1-3H3,(H,18,19). The smallest absolute Gasteiger partial charge is 0.223 e. The first-order valence-corrected chi connectivity index (χ1v) is 7.34. The first-order chi connectivity index (χ1) is 9.97. The minimum absolute atomic E-state index is 0.0432. The van der Waals surface area contributed by atoms with Crippen molar-refractivity contribution in [2.24, 2.45) is 5.73 Å². The molecule has 0 saturated heterocycles. The molecule has 5 nitrogen and oxygen atoms in total. The second kappa shape index (κ2) is 8.74. The Balaban J connectivity index is 2.74. The van der Waals surface area contributed by atoms with Gasteiger partial charge in [-0.1, -0.05) is 11.6 Å². The summed E-state index contributed by atoms with van der Waals surface area (Å²) < 4.78 is 11.0. The van der Waals surface area contributed by atoms with Gasteiger partial charge in [-0.2, -0.15) is 0 Å². The van der Waals surface area contributed by atoms with E-state index in [-0.39, 0.29) is 25.0 Å². The molecular weight excluding hydrogens is 292 g/mol. The van der Waals surface area contributed by atoms with Gasteiger partial charge in [0.05, 0.1) is 20.1 Å². The highest BCUT2D eigenvalue weighted by Gasteiger charge is 2.13. The Morgan fingerprint density at radius 1 is 1.43 bits per heavy atom. The Kier molecular flexibility index (Phi) is 7.32. The Labute approximate surface area is 130 Å². The van der Waals surface area contributed by atoms with Gasteiger partial charge in [0.15, 0.2) is 11.5 Å². The molecule has 0 bridgehead atoms. The lowest BCUT2D eigenvalue weighted by molar-refractivity contribution is -0.122. The fourth-order valence-electron chi connectivity index (χ4n) is 1.92. The second-order valence-corrected chi connectivity index (χ2v) is 5.39. The van der Waals surface area contributed by atoms with E-state index >= 15 is 0 Å². The molecule has 0 heterocycles. The largest absolute Gasteiger partial charge is 0.493 e. The van der Waals surface area contributed by atoms with Crippen molar-refractivity contribution < 1.29 is 14.3 Å². The lowest BCUT2D eigenvalue weighted by atomic mass is 10.1. The van der Waals surface area contributed by atoms with Crippen LogP contribution in [-0.4, -0.2) is 32.2 Å². The van der Waals surface area contributed by atoms with Gasteiger partial charge >= 0.3 is 0 Å². The van der Waals surface area contributed by atoms with Crippen molar-refractivity contribution in [1.29, 1.82) is 0 Å². The SMILES string of the molecule is COc1cc(Cl)cc(CCN)c1OCCC(=O)NC(C)C. The van der Waals surface area contributed by atoms with E-state index in [2.05, 4.69) is 5.32 Å². The highest BCUT2D eigenvalue weighted by molar-refractivity contribution is 6.30. The zero-order valence-corrected chi connectivity index (χ0v) is 13.5. The summed E-state index contributed by atoms with van der Waals surface area (Å²) in [5, 5.41) is 3.38. The first kappa shape index (κ1) is 17.6. The summed E-state index contributed by atoms with van der Waals surface area (Å²) in [6.45, 7) is 4.59. The third-order valence-electron chi connectivity index (χ3n) is 2.76. The summed E-state index contributed by atoms with van der Waals surface area (Å²) in [5.41, 5.74) is 6.48. The van der Waals surface area contributed by atoms with Crippen LogP contribution in [0.1, 0.15) is 25.8 Å². The van der Waals surface area contributed by atoms with Crippen molar-refractivity contribution in [2.75, 3.05) is 20.3 Å². The van der Waals surface area contributed by atoms with Gasteiger partial charge < -0.3 is 20.5 Å². The Hall–Kier alpha value is -1.46. The Morgan fingerprint density at radius 2 is 2.14 bits per heavy atom. The summed E-state index contributed by atoms with van der Waals surface area (Å²) in [6, 6.07) is 3.61. The highest BCUT2D eigenvalue weighted by atomic mass is 35.5. The zero-order chi connectivity index (χ0) is 15.8. The van der Waals surface area contributed by atoms with Crippen LogP contribution in [0.2, 0.25) is 5.02 Å². The van der Waals surface area contributed by atoms with Crippen LogP contribution in [0.3, 0.4) is 0 Å². The molecule has 21 heavy (non-hydrogen) atoms. The monoisotopic (exact) mass is 314 g/mol. The molecule has 1 rings (SSSR count). The summed E-state index contributed by atoms with van der Waals surface area (Å²) in [5.74, 6) is 1.11. The highest BCUT2D eigenvalue weighted by Crippen LogP contribution is 2.35. The predicted molar refractivity (Wildman–Crippen MR) is 84.2 cm³/mol. The van der Waals surface area contributed by atoms with E-state index in [0.29, 0.717) is 29.5 Å². The first-order valence-electron chi connectivity index (χ1n) is 6.96. The molecule has 1 aromatic rings. The molecule has 0 aliphatic heterocycles. The molecule has 0 spiro atoms. The van der Waals surface area contributed by atoms with Crippen LogP contribution >= 0.6 is 11.6 Å². The van der Waals surface area contributed by atoms with Crippen LogP contribution in [0, 0.1) is 0 Å². The number of hydrogen-bond donors (Lipinski definition) is 2. The van der Waals surface area contributed by atoms with Crippen LogP contribution in [-0.2, 0) is 11.2 Å². The molecule has 0 fully saturated rings. The van der Waals surface area contributed by atoms with E-state index in [1.54, 1.807) is 19.2 Å². The molecule has 0 saturated carbocycles. The lowest BCUT2D eigenvalue weighted by Crippen LogP contribution is -2.31. The van der Waals surface area contributed by atoms with Crippen molar-refractivity contribution in [3.8, 4) is 11.5 Å². The molecule has 0 aliphatic carbocycles. The Bertz CT molecular complexity index is 478. The fourth-order valence-corrected chi connectivity index (χ4v) is 2.15. The van der Waals surface area contributed by atoms with E-state index < -0.39 is 0 Å². The molecule has 118 valence electrons. The van der Waals surface area contributed by atoms with E-state index in [4.69, 9.17) is 26.8 Å². The van der Waals surface area contributed by atoms with Crippen molar-refractivity contribution in [1.82, 2.24) is 5.32 Å². The van der Waals surface area contributed by atoms with Gasteiger partial charge in [0, 0.05) is 22.7 Å². The number of methoxy groups -OCH3 is 1. The van der Waals surface area contributed by atoms with Gasteiger partial charge in [-0.15, -0.1) is 0 Å². The summed E-state index contributed by atoms with van der Waals surface area (Å²) in [4.78, 5) is 11.6. The number of carbonyl (C=O) groups is 1. The average molecular weight is 315 g/mol. The summed E-state index contributed by atoms with van der Waals surface area (Å²) >= 11 is 6.04. The minimum Gasteiger partial charge on any atom is -0.493 e. The summed E-state index contributed by atoms with van der Waals surface area (Å²) in [7, 11) is 1.55. The van der Waals surface area contributed by atoms with E-state index in [9.17, 15) is 4.79 Å². The fraction of sp³-hybridized carbons (Fsp3) is 0.533. The molecule has 0 unspecified atom stereocenters. The molecule has 6 heteroatoms. The average Bonchev–Trinajstić information content (AvgIpc) is 2.40. The van der Waals surface area contributed by atoms with Gasteiger partial charge in [-0.05, 0) is 32.9 Å². The number of nitrogens with one attached hydrogen (secondary N) is 1. The van der Waals surface area contributed by atoms with Gasteiger partial charge in [-0.25, -0.2) is 0 Å². The summed E-state index contributed by atoms with van der Waals surface area (Å²) in [6.07, 6.45) is 0.913. The normalized spacial score (nSPS) is 10.6. The number of carbonyl (C=O) groups excluding carboxylic acids is 1. The third-order valence-corrected chi connectivity index (χ3v) is 2.97. The second-order valence-electron chi connectivity index (χ2n) is 4.96. The maximum atomic E-state index is 11.6. The number of benzene rings is 1. The van der Waals surface area contributed by atoms with Crippen molar-refractivity contribution in [3.05, 3.63) is 22.7 Å². The predicted octanol–water partition coefficient (Wildman–Crippen LogP) is 2.14. The van der Waals surface area contributed by atoms with Crippen molar-refractivity contribution in [2.45, 2.75) is 32.7 Å². The third kappa shape index (κ3) is 5.81. The van der Waals surface area contributed by atoms with Crippen LogP contribution in [0.5, 0.6) is 11.5 Å². The van der Waals surface area contributed by atoms with E-state index in [0.717, 1.165) is 5.56 Å². The number of nitrogens with two attached hydrogens (primary N) is 1. The van der Waals surface area contributed by atoms with Crippen LogP contribution in [0.15, 0.2) is 12.1 Å². The number of hydrogen-bond acceptors (Lipinski definition) is 4. The molecule has 0 radical (unpaired) electrons. The van der Waals surface area contributed by atoms with Crippen LogP contribution in [0.4, 0.5) is 0 Å². The number of halogens is 1. The van der Waals surface area contributed by atoms with Crippen molar-refractivity contribution >= 4 is 17.5 Å². The van der Waals surface area contributed by atoms with Gasteiger partial charge in [0.25, 0.3) is 0 Å². The zero-order valence-electron chi connectivity index (χ0n) is 12.7. The molecule has 0 aliphatic rings. The topological polar surface area (TPSA) is 73.6 Å². The van der Waals surface area contributed by atoms with E-state index in [1.165, 1.54) is 0 Å². The van der Waals surface area contributed by atoms with Gasteiger partial charge in [-0.3, -0.25) is 4.79 Å². The molecule has 0 aromatic heterocycles. The van der Waals surface area contributed by atoms with E-state index in [1.807, 2.05) is 13.8 Å². The van der Waals surface area contributed by atoms with Gasteiger partial charge in [0.1, 0.15) is 0 Å². The van der Waals surface area contributed by atoms with Crippen molar-refractivity contribution in [3.63, 3.8) is 0 Å². The van der Waals surface area contributed by atoms with Crippen LogP contribution in [0.25, 0.3) is 0 Å². The lowest BCUT2D eigenvalue weighted by Gasteiger charge is -2.16. The number of ether oxygens (including phenoxy) is 2. The molecular formula is C15H23ClN2O3. The molecule has 1 aromatic carbocycles. The maximum absolute atomic E-state index is 11.6. The molecule has 0 atom stereocenters. The van der Waals surface area contributed by atoms with Crippen LogP contribution < -0.4 is 20.5 Å². The molecule has 1 amide bonds. The Morgan fingerprint density at radius 3 is 2.71 bits per heavy atom. The number of amides is 1. The number of rotatable bonds is 8. The quantitative estimate of drug-likeness (QED) is 0.771. The molecule has 3 N–H and O–H groups in total. The minimum atomic E-state index is -0.0432. The maximum Gasteiger partial charge on any atom is 0.223 e.